The third-order valence-corrected chi connectivity index (χ3v) is 4.18. The van der Waals surface area contributed by atoms with Crippen LogP contribution in [0.2, 0.25) is 0 Å². The van der Waals surface area contributed by atoms with Crippen LogP contribution in [-0.2, 0) is 9.59 Å². The van der Waals surface area contributed by atoms with Crippen molar-refractivity contribution in [3.8, 4) is 5.75 Å². The maximum atomic E-state index is 12.4. The van der Waals surface area contributed by atoms with Gasteiger partial charge in [0.1, 0.15) is 12.3 Å². The Kier molecular flexibility index (Phi) is 6.23. The molecule has 130 valence electrons. The van der Waals surface area contributed by atoms with Crippen molar-refractivity contribution in [2.75, 3.05) is 51.3 Å². The molecule has 1 aliphatic rings. The predicted molar refractivity (Wildman–Crippen MR) is 94.2 cm³/mol. The minimum absolute atomic E-state index is 0.0215. The van der Waals surface area contributed by atoms with Crippen LogP contribution in [0.3, 0.4) is 0 Å². The molecule has 0 bridgehead atoms. The van der Waals surface area contributed by atoms with Crippen molar-refractivity contribution in [2.45, 2.75) is 6.92 Å². The molecule has 24 heavy (non-hydrogen) atoms. The van der Waals surface area contributed by atoms with E-state index in [0.717, 1.165) is 24.5 Å². The van der Waals surface area contributed by atoms with Crippen LogP contribution in [0.15, 0.2) is 36.9 Å². The van der Waals surface area contributed by atoms with E-state index in [9.17, 15) is 9.59 Å². The summed E-state index contributed by atoms with van der Waals surface area (Å²) in [5, 5.41) is 0. The van der Waals surface area contributed by atoms with Crippen LogP contribution < -0.4 is 9.64 Å². The molecule has 0 aliphatic carbocycles. The predicted octanol–water partition coefficient (Wildman–Crippen LogP) is 1.38. The molecule has 0 radical (unpaired) electrons. The van der Waals surface area contributed by atoms with Gasteiger partial charge in [-0.15, -0.1) is 6.58 Å². The summed E-state index contributed by atoms with van der Waals surface area (Å²) < 4.78 is 5.40. The van der Waals surface area contributed by atoms with Gasteiger partial charge < -0.3 is 19.4 Å². The van der Waals surface area contributed by atoms with E-state index < -0.39 is 0 Å². The van der Waals surface area contributed by atoms with Crippen LogP contribution in [0.4, 0.5) is 5.69 Å². The van der Waals surface area contributed by atoms with E-state index in [1.165, 1.54) is 11.8 Å². The van der Waals surface area contributed by atoms with Crippen molar-refractivity contribution in [3.63, 3.8) is 0 Å². The number of piperazine rings is 1. The first-order valence-electron chi connectivity index (χ1n) is 8.09. The van der Waals surface area contributed by atoms with E-state index in [0.29, 0.717) is 19.6 Å². The van der Waals surface area contributed by atoms with Gasteiger partial charge in [0.2, 0.25) is 11.8 Å². The third kappa shape index (κ3) is 4.28. The standard InChI is InChI=1S/C18H25N3O3/c1-4-9-21(15(2)22)14-18(23)20-12-10-19(11-13-20)16-7-5-6-8-17(16)24-3/h4-8H,1,9-14H2,2-3H3. The Hall–Kier alpha value is -2.50. The Morgan fingerprint density at radius 3 is 2.50 bits per heavy atom. The number of nitrogens with zero attached hydrogens (tertiary/aromatic N) is 3. The first-order valence-corrected chi connectivity index (χ1v) is 8.09. The second-order valence-electron chi connectivity index (χ2n) is 5.73. The molecule has 0 spiro atoms. The van der Waals surface area contributed by atoms with Crippen LogP contribution in [0.25, 0.3) is 0 Å². The molecule has 0 N–H and O–H groups in total. The quantitative estimate of drug-likeness (QED) is 0.739. The van der Waals surface area contributed by atoms with Crippen molar-refractivity contribution in [3.05, 3.63) is 36.9 Å². The number of carbonyl (C=O) groups excluding carboxylic acids is 2. The highest BCUT2D eigenvalue weighted by molar-refractivity contribution is 5.84. The van der Waals surface area contributed by atoms with Gasteiger partial charge in [-0.05, 0) is 12.1 Å². The lowest BCUT2D eigenvalue weighted by atomic mass is 10.2. The van der Waals surface area contributed by atoms with Gasteiger partial charge >= 0.3 is 0 Å². The number of para-hydroxylation sites is 2. The Morgan fingerprint density at radius 1 is 1.25 bits per heavy atom. The highest BCUT2D eigenvalue weighted by Crippen LogP contribution is 2.28. The van der Waals surface area contributed by atoms with E-state index in [1.54, 1.807) is 13.2 Å². The fourth-order valence-electron chi connectivity index (χ4n) is 2.81. The van der Waals surface area contributed by atoms with Gasteiger partial charge in [0.05, 0.1) is 12.8 Å². The minimum atomic E-state index is -0.115. The number of anilines is 1. The molecule has 6 heteroatoms. The van der Waals surface area contributed by atoms with Gasteiger partial charge in [-0.2, -0.15) is 0 Å². The van der Waals surface area contributed by atoms with E-state index in [1.807, 2.05) is 29.2 Å². The molecule has 0 unspecified atom stereocenters. The van der Waals surface area contributed by atoms with Crippen molar-refractivity contribution in [1.82, 2.24) is 9.80 Å². The largest absolute Gasteiger partial charge is 0.495 e. The summed E-state index contributed by atoms with van der Waals surface area (Å²) in [6.07, 6.45) is 1.63. The number of amides is 2. The fraction of sp³-hybridized carbons (Fsp3) is 0.444. The molecule has 2 amide bonds. The summed E-state index contributed by atoms with van der Waals surface area (Å²) in [7, 11) is 1.66. The molecule has 0 aromatic heterocycles. The van der Waals surface area contributed by atoms with Crippen molar-refractivity contribution in [2.24, 2.45) is 0 Å². The molecule has 0 saturated carbocycles. The summed E-state index contributed by atoms with van der Waals surface area (Å²) in [6.45, 7) is 8.35. The summed E-state index contributed by atoms with van der Waals surface area (Å²) >= 11 is 0. The molecule has 1 aromatic rings. The lowest BCUT2D eigenvalue weighted by Crippen LogP contribution is -2.51. The zero-order chi connectivity index (χ0) is 17.5. The fourth-order valence-corrected chi connectivity index (χ4v) is 2.81. The topological polar surface area (TPSA) is 53.1 Å². The zero-order valence-corrected chi connectivity index (χ0v) is 14.4. The Labute approximate surface area is 143 Å². The zero-order valence-electron chi connectivity index (χ0n) is 14.4. The van der Waals surface area contributed by atoms with Gasteiger partial charge in [0.25, 0.3) is 0 Å². The van der Waals surface area contributed by atoms with E-state index in [4.69, 9.17) is 4.74 Å². The number of hydrogen-bond donors (Lipinski definition) is 0. The maximum absolute atomic E-state index is 12.4. The first kappa shape index (κ1) is 17.8. The minimum Gasteiger partial charge on any atom is -0.495 e. The number of rotatable bonds is 6. The molecular formula is C18H25N3O3. The number of benzene rings is 1. The summed E-state index contributed by atoms with van der Waals surface area (Å²) in [4.78, 5) is 29.5. The molecule has 6 nitrogen and oxygen atoms in total. The second kappa shape index (κ2) is 8.38. The van der Waals surface area contributed by atoms with Crippen molar-refractivity contribution >= 4 is 17.5 Å². The molecular weight excluding hydrogens is 306 g/mol. The highest BCUT2D eigenvalue weighted by Gasteiger charge is 2.24. The summed E-state index contributed by atoms with van der Waals surface area (Å²) in [6, 6.07) is 7.89. The smallest absolute Gasteiger partial charge is 0.242 e. The molecule has 1 fully saturated rings. The lowest BCUT2D eigenvalue weighted by Gasteiger charge is -2.37. The molecule has 2 rings (SSSR count). The molecule has 1 aromatic carbocycles. The number of ether oxygens (including phenoxy) is 1. The van der Waals surface area contributed by atoms with Gasteiger partial charge in [-0.1, -0.05) is 18.2 Å². The van der Waals surface area contributed by atoms with Gasteiger partial charge in [0.15, 0.2) is 0 Å². The van der Waals surface area contributed by atoms with Crippen molar-refractivity contribution in [1.29, 1.82) is 0 Å². The number of carbonyl (C=O) groups is 2. The average Bonchev–Trinajstić information content (AvgIpc) is 2.61. The van der Waals surface area contributed by atoms with Crippen LogP contribution in [0, 0.1) is 0 Å². The number of methoxy groups -OCH3 is 1. The molecule has 0 atom stereocenters. The third-order valence-electron chi connectivity index (χ3n) is 4.18. The summed E-state index contributed by atoms with van der Waals surface area (Å²) in [5.41, 5.74) is 1.05. The summed E-state index contributed by atoms with van der Waals surface area (Å²) in [5.74, 6) is 0.702. The normalized spacial score (nSPS) is 14.2. The van der Waals surface area contributed by atoms with E-state index >= 15 is 0 Å². The molecule has 1 saturated heterocycles. The van der Waals surface area contributed by atoms with E-state index in [-0.39, 0.29) is 18.4 Å². The van der Waals surface area contributed by atoms with Gasteiger partial charge in [-0.25, -0.2) is 0 Å². The van der Waals surface area contributed by atoms with Gasteiger partial charge in [0, 0.05) is 39.6 Å². The Balaban J connectivity index is 1.93. The monoisotopic (exact) mass is 331 g/mol. The maximum Gasteiger partial charge on any atom is 0.242 e. The highest BCUT2D eigenvalue weighted by atomic mass is 16.5. The Morgan fingerprint density at radius 2 is 1.92 bits per heavy atom. The SMILES string of the molecule is C=CCN(CC(=O)N1CCN(c2ccccc2OC)CC1)C(C)=O. The van der Waals surface area contributed by atoms with E-state index in [2.05, 4.69) is 11.5 Å². The second-order valence-corrected chi connectivity index (χ2v) is 5.73. The van der Waals surface area contributed by atoms with Crippen molar-refractivity contribution < 1.29 is 14.3 Å². The average molecular weight is 331 g/mol. The van der Waals surface area contributed by atoms with Gasteiger partial charge in [-0.3, -0.25) is 9.59 Å². The number of hydrogen-bond acceptors (Lipinski definition) is 4. The van der Waals surface area contributed by atoms with Crippen LogP contribution in [-0.4, -0.2) is 68.0 Å². The first-order chi connectivity index (χ1) is 11.6. The molecule has 1 aliphatic heterocycles. The lowest BCUT2D eigenvalue weighted by molar-refractivity contribution is -0.139. The van der Waals surface area contributed by atoms with Crippen LogP contribution in [0.5, 0.6) is 5.75 Å². The van der Waals surface area contributed by atoms with Crippen LogP contribution in [0.1, 0.15) is 6.92 Å². The Bertz CT molecular complexity index is 595. The van der Waals surface area contributed by atoms with Crippen LogP contribution >= 0.6 is 0 Å². The molecule has 1 heterocycles.